The molecule has 1 aromatic heterocycles. The number of rotatable bonds is 12. The molecular formula is C31H40Cl3FN4O10. The summed E-state index contributed by atoms with van der Waals surface area (Å²) in [6, 6.07) is 0.0592. The van der Waals surface area contributed by atoms with Gasteiger partial charge in [0.15, 0.2) is 36.1 Å². The number of aryl methyl sites for hydroxylation is 1. The van der Waals surface area contributed by atoms with Crippen molar-refractivity contribution in [1.29, 1.82) is 0 Å². The number of ether oxygens (including phenoxy) is 5. The largest absolute Gasteiger partial charge is 0.493 e. The molecule has 1 aromatic carbocycles. The molecule has 1 aliphatic rings. The number of hydrogen-bond acceptors (Lipinski definition) is 10. The van der Waals surface area contributed by atoms with Gasteiger partial charge in [-0.1, -0.05) is 55.6 Å². The first-order valence-corrected chi connectivity index (χ1v) is 16.4. The molecule has 6 atom stereocenters. The van der Waals surface area contributed by atoms with Crippen molar-refractivity contribution >= 4 is 52.8 Å². The zero-order valence-corrected chi connectivity index (χ0v) is 30.4. The SMILES string of the molecule is CCc1cn([C@@H]2O[C@H](CNC(=O)[C@H](C)Oc3c(Cl)cc(Cl)c(OC)c3Cl)[C@@H](OC(=O)[C@@H](NC(=O)OC(C)(C)C)C(C)C)[C@H]2F)c(=O)[nH]c1=O. The van der Waals surface area contributed by atoms with Gasteiger partial charge in [-0.3, -0.25) is 19.1 Å². The molecule has 0 bridgehead atoms. The zero-order chi connectivity index (χ0) is 37.0. The van der Waals surface area contributed by atoms with Gasteiger partial charge in [0.05, 0.1) is 17.2 Å². The molecule has 0 saturated carbocycles. The van der Waals surface area contributed by atoms with E-state index >= 15 is 4.39 Å². The number of aromatic amines is 1. The fourth-order valence-electron chi connectivity index (χ4n) is 4.76. The number of nitrogens with zero attached hydrogens (tertiary/aromatic N) is 1. The monoisotopic (exact) mass is 752 g/mol. The normalized spacial score (nSPS) is 20.3. The van der Waals surface area contributed by atoms with Gasteiger partial charge in [-0.05, 0) is 46.1 Å². The van der Waals surface area contributed by atoms with E-state index in [-0.39, 0.29) is 38.6 Å². The van der Waals surface area contributed by atoms with E-state index in [2.05, 4.69) is 15.6 Å². The lowest BCUT2D eigenvalue weighted by Crippen LogP contribution is -2.50. The van der Waals surface area contributed by atoms with Crippen LogP contribution in [0.4, 0.5) is 9.18 Å². The minimum Gasteiger partial charge on any atom is -0.493 e. The molecule has 272 valence electrons. The van der Waals surface area contributed by atoms with Crippen LogP contribution in [0.5, 0.6) is 11.5 Å². The van der Waals surface area contributed by atoms with Crippen molar-refractivity contribution in [3.63, 3.8) is 0 Å². The van der Waals surface area contributed by atoms with Gasteiger partial charge in [0.1, 0.15) is 22.8 Å². The molecule has 2 heterocycles. The smallest absolute Gasteiger partial charge is 0.408 e. The van der Waals surface area contributed by atoms with Crippen molar-refractivity contribution in [3.8, 4) is 11.5 Å². The predicted octanol–water partition coefficient (Wildman–Crippen LogP) is 4.35. The minimum atomic E-state index is -2.17. The lowest BCUT2D eigenvalue weighted by Gasteiger charge is -2.27. The van der Waals surface area contributed by atoms with Crippen LogP contribution in [0, 0.1) is 5.92 Å². The molecule has 3 rings (SSSR count). The highest BCUT2D eigenvalue weighted by molar-refractivity contribution is 6.42. The molecule has 3 N–H and O–H groups in total. The number of hydrogen-bond donors (Lipinski definition) is 3. The number of carbonyl (C=O) groups excluding carboxylic acids is 3. The van der Waals surface area contributed by atoms with Gasteiger partial charge >= 0.3 is 17.8 Å². The Morgan fingerprint density at radius 1 is 1.10 bits per heavy atom. The quantitative estimate of drug-likeness (QED) is 0.264. The Morgan fingerprint density at radius 2 is 1.73 bits per heavy atom. The van der Waals surface area contributed by atoms with Gasteiger partial charge in [0.25, 0.3) is 11.5 Å². The molecule has 1 saturated heterocycles. The standard InChI is InChI=1S/C31H40Cl3FN4O10/c1-9-15-12-39(29(43)38-26(15)41)27-20(35)24(48-28(42)21(13(2)3)37-30(44)49-31(5,6)7)18(47-27)11-36-25(40)14(4)46-23-17(33)10-16(32)22(45-8)19(23)34/h10,12-14,18,20-21,24,27H,9,11H2,1-8H3,(H,36,40)(H,37,44)(H,38,41,43)/t14-,18+,20+,21-,24+,27+/m0/s1. The molecule has 0 aliphatic carbocycles. The molecule has 0 unspecified atom stereocenters. The summed E-state index contributed by atoms with van der Waals surface area (Å²) in [7, 11) is 1.33. The van der Waals surface area contributed by atoms with E-state index < -0.39 is 84.0 Å². The topological polar surface area (TPSA) is 176 Å². The number of alkyl carbamates (subject to hydrolysis) is 1. The maximum absolute atomic E-state index is 16.2. The fourth-order valence-corrected chi connectivity index (χ4v) is 5.76. The van der Waals surface area contributed by atoms with Crippen LogP contribution in [0.2, 0.25) is 15.1 Å². The number of nitrogens with one attached hydrogen (secondary N) is 3. The third-order valence-corrected chi connectivity index (χ3v) is 8.14. The Labute approximate surface area is 296 Å². The fraction of sp³-hybridized carbons (Fsp3) is 0.581. The highest BCUT2D eigenvalue weighted by Crippen LogP contribution is 2.45. The highest BCUT2D eigenvalue weighted by atomic mass is 35.5. The molecule has 2 aromatic rings. The van der Waals surface area contributed by atoms with Gasteiger partial charge in [-0.15, -0.1) is 0 Å². The number of alkyl halides is 1. The lowest BCUT2D eigenvalue weighted by atomic mass is 10.0. The first-order chi connectivity index (χ1) is 22.8. The van der Waals surface area contributed by atoms with Crippen molar-refractivity contribution in [2.75, 3.05) is 13.7 Å². The molecular weight excluding hydrogens is 714 g/mol. The molecule has 0 radical (unpaired) electrons. The van der Waals surface area contributed by atoms with E-state index in [1.54, 1.807) is 41.5 Å². The number of amides is 2. The predicted molar refractivity (Wildman–Crippen MR) is 179 cm³/mol. The number of halogens is 4. The van der Waals surface area contributed by atoms with E-state index in [1.165, 1.54) is 20.1 Å². The maximum Gasteiger partial charge on any atom is 0.408 e. The molecule has 1 aliphatic heterocycles. The van der Waals surface area contributed by atoms with Gasteiger partial charge in [0.2, 0.25) is 0 Å². The summed E-state index contributed by atoms with van der Waals surface area (Å²) in [5.41, 5.74) is -2.31. The van der Waals surface area contributed by atoms with Crippen LogP contribution in [0.1, 0.15) is 60.3 Å². The summed E-state index contributed by atoms with van der Waals surface area (Å²) in [6.45, 7) is 10.8. The van der Waals surface area contributed by atoms with Crippen LogP contribution >= 0.6 is 34.8 Å². The molecule has 49 heavy (non-hydrogen) atoms. The summed E-state index contributed by atoms with van der Waals surface area (Å²) in [6.07, 6.45) is -7.64. The summed E-state index contributed by atoms with van der Waals surface area (Å²) < 4.78 is 44.6. The molecule has 1 fully saturated rings. The number of aromatic nitrogens is 2. The number of H-pyrrole nitrogens is 1. The second kappa shape index (κ2) is 16.5. The second-order valence-electron chi connectivity index (χ2n) is 12.5. The molecule has 2 amide bonds. The van der Waals surface area contributed by atoms with E-state index in [0.717, 1.165) is 10.8 Å². The third-order valence-electron chi connectivity index (χ3n) is 7.24. The van der Waals surface area contributed by atoms with Crippen molar-refractivity contribution in [3.05, 3.63) is 53.7 Å². The van der Waals surface area contributed by atoms with Crippen LogP contribution in [0.15, 0.2) is 21.9 Å². The lowest BCUT2D eigenvalue weighted by molar-refractivity contribution is -0.157. The average Bonchev–Trinajstić information content (AvgIpc) is 3.29. The van der Waals surface area contributed by atoms with Crippen LogP contribution in [-0.2, 0) is 30.2 Å². The third kappa shape index (κ3) is 9.80. The molecule has 18 heteroatoms. The summed E-state index contributed by atoms with van der Waals surface area (Å²) in [5.74, 6) is -2.28. The van der Waals surface area contributed by atoms with Crippen molar-refractivity contribution < 1.29 is 42.5 Å². The Bertz CT molecular complexity index is 1660. The van der Waals surface area contributed by atoms with Crippen LogP contribution in [0.3, 0.4) is 0 Å². The van der Waals surface area contributed by atoms with Crippen molar-refractivity contribution in [2.24, 2.45) is 5.92 Å². The number of esters is 1. The Hall–Kier alpha value is -3.53. The summed E-state index contributed by atoms with van der Waals surface area (Å²) in [4.78, 5) is 66.0. The Kier molecular flexibility index (Phi) is 13.4. The first-order valence-electron chi connectivity index (χ1n) is 15.3. The van der Waals surface area contributed by atoms with Crippen molar-refractivity contribution in [1.82, 2.24) is 20.2 Å². The number of carbonyl (C=O) groups is 3. The van der Waals surface area contributed by atoms with Crippen LogP contribution < -0.4 is 31.4 Å². The highest BCUT2D eigenvalue weighted by Gasteiger charge is 2.50. The van der Waals surface area contributed by atoms with E-state index in [0.29, 0.717) is 0 Å². The molecule has 14 nitrogen and oxygen atoms in total. The van der Waals surface area contributed by atoms with E-state index in [9.17, 15) is 24.0 Å². The Morgan fingerprint density at radius 3 is 2.31 bits per heavy atom. The summed E-state index contributed by atoms with van der Waals surface area (Å²) >= 11 is 18.6. The molecule has 0 spiro atoms. The zero-order valence-electron chi connectivity index (χ0n) is 28.2. The van der Waals surface area contributed by atoms with E-state index in [1.807, 2.05) is 0 Å². The van der Waals surface area contributed by atoms with E-state index in [4.69, 9.17) is 58.5 Å². The van der Waals surface area contributed by atoms with Gasteiger partial charge in [-0.25, -0.2) is 18.8 Å². The average molecular weight is 754 g/mol. The minimum absolute atomic E-state index is 0.00200. The summed E-state index contributed by atoms with van der Waals surface area (Å²) in [5, 5.41) is 5.03. The van der Waals surface area contributed by atoms with Crippen molar-refractivity contribution in [2.45, 2.75) is 97.2 Å². The van der Waals surface area contributed by atoms with Crippen LogP contribution in [-0.4, -0.2) is 77.3 Å². The van der Waals surface area contributed by atoms with Gasteiger partial charge in [0, 0.05) is 18.3 Å². The number of benzene rings is 1. The number of methoxy groups -OCH3 is 1. The maximum atomic E-state index is 16.2. The second-order valence-corrected chi connectivity index (χ2v) is 13.7. The van der Waals surface area contributed by atoms with Gasteiger partial charge in [-0.2, -0.15) is 0 Å². The van der Waals surface area contributed by atoms with Crippen LogP contribution in [0.25, 0.3) is 0 Å². The first kappa shape index (κ1) is 39.9. The Balaban J connectivity index is 1.87. The van der Waals surface area contributed by atoms with Gasteiger partial charge < -0.3 is 34.3 Å².